The lowest BCUT2D eigenvalue weighted by atomic mass is 10.1. The van der Waals surface area contributed by atoms with E-state index >= 15 is 0 Å². The predicted molar refractivity (Wildman–Crippen MR) is 189 cm³/mol. The van der Waals surface area contributed by atoms with Crippen LogP contribution >= 0.6 is 0 Å². The molecule has 0 fully saturated rings. The number of carbonyl (C=O) groups excluding carboxylic acids is 3. The van der Waals surface area contributed by atoms with Gasteiger partial charge in [-0.2, -0.15) is 37.3 Å². The summed E-state index contributed by atoms with van der Waals surface area (Å²) in [5.74, 6) is -2.04. The van der Waals surface area contributed by atoms with Gasteiger partial charge in [-0.1, -0.05) is 0 Å². The Balaban J connectivity index is 1.45. The van der Waals surface area contributed by atoms with Crippen LogP contribution in [0.5, 0.6) is 11.5 Å². The molecule has 0 aliphatic rings. The van der Waals surface area contributed by atoms with Gasteiger partial charge >= 0.3 is 0 Å². The zero-order valence-electron chi connectivity index (χ0n) is 28.1. The molecule has 4 rings (SSSR count). The summed E-state index contributed by atoms with van der Waals surface area (Å²) in [6.07, 6.45) is 0. The summed E-state index contributed by atoms with van der Waals surface area (Å²) in [5, 5.41) is 30.3. The number of azo groups is 2. The number of benzene rings is 4. The second-order valence-corrected chi connectivity index (χ2v) is 13.7. The lowest BCUT2D eigenvalue weighted by Crippen LogP contribution is -2.32. The van der Waals surface area contributed by atoms with E-state index in [1.807, 2.05) is 0 Å². The zero-order valence-corrected chi connectivity index (χ0v) is 29.8. The van der Waals surface area contributed by atoms with Crippen LogP contribution in [-0.2, 0) is 29.8 Å². The molecule has 53 heavy (non-hydrogen) atoms. The van der Waals surface area contributed by atoms with Crippen molar-refractivity contribution < 1.29 is 54.9 Å². The van der Waals surface area contributed by atoms with Crippen LogP contribution < -0.4 is 20.1 Å². The highest BCUT2D eigenvalue weighted by atomic mass is 32.2. The van der Waals surface area contributed by atoms with Gasteiger partial charge < -0.3 is 25.2 Å². The molecular weight excluding hydrogens is 737 g/mol. The highest BCUT2D eigenvalue weighted by Crippen LogP contribution is 2.33. The molecule has 0 saturated heterocycles. The molecule has 0 aliphatic carbocycles. The topological polar surface area (TPSA) is 272 Å². The molecule has 278 valence electrons. The predicted octanol–water partition coefficient (Wildman–Crippen LogP) is 5.22. The van der Waals surface area contributed by atoms with E-state index < -0.39 is 48.8 Å². The fourth-order valence-corrected chi connectivity index (χ4v) is 5.69. The van der Waals surface area contributed by atoms with E-state index in [0.717, 1.165) is 25.1 Å². The van der Waals surface area contributed by atoms with Gasteiger partial charge in [0.25, 0.3) is 32.1 Å². The number of nitrogens with one attached hydrogen (secondary N) is 2. The van der Waals surface area contributed by atoms with Gasteiger partial charge in [-0.3, -0.25) is 23.5 Å². The van der Waals surface area contributed by atoms with Crippen LogP contribution in [0, 0.1) is 6.92 Å². The van der Waals surface area contributed by atoms with E-state index in [9.17, 15) is 40.9 Å². The summed E-state index contributed by atoms with van der Waals surface area (Å²) in [6, 6.07) is 15.8. The first-order valence-electron chi connectivity index (χ1n) is 15.2. The molecule has 0 saturated carbocycles. The van der Waals surface area contributed by atoms with Crippen molar-refractivity contribution >= 4 is 66.3 Å². The molecule has 0 aromatic heterocycles. The van der Waals surface area contributed by atoms with Crippen molar-refractivity contribution in [3.63, 3.8) is 0 Å². The van der Waals surface area contributed by atoms with Crippen LogP contribution in [0.4, 0.5) is 28.4 Å². The number of aliphatic hydroxyl groups is 1. The molecule has 0 heterocycles. The zero-order chi connectivity index (χ0) is 38.9. The number of Topliss-reactive ketones (excluding diaryl/α,β-unsaturated/α-hetero) is 1. The summed E-state index contributed by atoms with van der Waals surface area (Å²) in [7, 11) is -7.71. The number of carbonyl (C=O) groups is 3. The Morgan fingerprint density at radius 3 is 1.94 bits per heavy atom. The number of aliphatic hydroxyl groups excluding tert-OH is 1. The van der Waals surface area contributed by atoms with Crippen molar-refractivity contribution in [1.29, 1.82) is 0 Å². The molecule has 0 spiro atoms. The van der Waals surface area contributed by atoms with Gasteiger partial charge in [0.15, 0.2) is 5.78 Å². The fraction of sp³-hybridized carbons (Fsp3) is 0.182. The lowest BCUT2D eigenvalue weighted by Gasteiger charge is -2.15. The molecule has 0 aliphatic heterocycles. The molecule has 1 unspecified atom stereocenters. The van der Waals surface area contributed by atoms with Crippen LogP contribution in [0.25, 0.3) is 0 Å². The second-order valence-electron chi connectivity index (χ2n) is 10.9. The molecule has 0 bridgehead atoms. The molecule has 4 aromatic rings. The minimum Gasteiger partial charge on any atom is -0.495 e. The Labute approximate surface area is 303 Å². The highest BCUT2D eigenvalue weighted by molar-refractivity contribution is 7.86. The number of hydrogen-bond donors (Lipinski definition) is 5. The van der Waals surface area contributed by atoms with Gasteiger partial charge in [-0.05, 0) is 86.1 Å². The van der Waals surface area contributed by atoms with E-state index in [4.69, 9.17) is 14.0 Å². The number of amides is 2. The largest absolute Gasteiger partial charge is 0.495 e. The average Bonchev–Trinajstić information content (AvgIpc) is 3.10. The molecule has 5 N–H and O–H groups in total. The summed E-state index contributed by atoms with van der Waals surface area (Å²) in [5.41, 5.74) is 1.33. The first-order valence-corrected chi connectivity index (χ1v) is 18.0. The number of ketones is 1. The summed E-state index contributed by atoms with van der Waals surface area (Å²) < 4.78 is 75.0. The third-order valence-electron chi connectivity index (χ3n) is 7.06. The first kappa shape index (κ1) is 39.8. The van der Waals surface area contributed by atoms with Gasteiger partial charge in [0, 0.05) is 17.7 Å². The molecular formula is C33H32N6O12S2. The maximum absolute atomic E-state index is 13.1. The maximum Gasteiger partial charge on any atom is 0.294 e. The number of nitrogens with zero attached hydrogens (tertiary/aromatic N) is 4. The standard InChI is InChI=1S/C33H32N6O12S2/c1-19-16-27(28(50-3)18-30(19)53(47,48)49)35-33(43)31(20(2)41)39-37-22-6-4-21(5-7-22)32(42)34-26-13-10-24(17-29(26)51-15-14-40)38-36-23-8-11-25(12-9-23)52(44,45)46/h4-13,16-18,31,40H,14-15H2,1-3H3,(H,34,42)(H,35,43)(H,44,45,46)(H,47,48,49). The Kier molecular flexibility index (Phi) is 12.8. The van der Waals surface area contributed by atoms with E-state index in [0.29, 0.717) is 5.69 Å². The van der Waals surface area contributed by atoms with E-state index in [1.54, 1.807) is 0 Å². The smallest absolute Gasteiger partial charge is 0.294 e. The van der Waals surface area contributed by atoms with Gasteiger partial charge in [0.1, 0.15) is 23.0 Å². The van der Waals surface area contributed by atoms with Crippen LogP contribution in [-0.4, -0.2) is 75.0 Å². The van der Waals surface area contributed by atoms with E-state index in [1.165, 1.54) is 74.7 Å². The number of hydrogen-bond acceptors (Lipinski definition) is 14. The fourth-order valence-electron chi connectivity index (χ4n) is 4.48. The third kappa shape index (κ3) is 10.8. The van der Waals surface area contributed by atoms with Gasteiger partial charge in [-0.15, -0.1) is 0 Å². The SMILES string of the molecule is COc1cc(S(=O)(=O)O)c(C)cc1NC(=O)C(N=Nc1ccc(C(=O)Nc2ccc(N=Nc3ccc(S(=O)(=O)O)cc3)cc2OCCO)cc1)C(C)=O. The number of aryl methyl sites for hydroxylation is 1. The van der Waals surface area contributed by atoms with Crippen molar-refractivity contribution in [2.75, 3.05) is 31.0 Å². The van der Waals surface area contributed by atoms with Crippen molar-refractivity contribution in [1.82, 2.24) is 0 Å². The molecule has 1 atom stereocenters. The molecule has 0 radical (unpaired) electrons. The van der Waals surface area contributed by atoms with Gasteiger partial charge in [0.05, 0.1) is 47.0 Å². The number of rotatable bonds is 15. The van der Waals surface area contributed by atoms with Crippen LogP contribution in [0.1, 0.15) is 22.8 Å². The Hall–Kier alpha value is -5.93. The Bertz CT molecular complexity index is 2300. The number of anilines is 2. The number of ether oxygens (including phenoxy) is 2. The quantitative estimate of drug-likeness (QED) is 0.0592. The van der Waals surface area contributed by atoms with Gasteiger partial charge in [-0.25, -0.2) is 0 Å². The summed E-state index contributed by atoms with van der Waals surface area (Å²) >= 11 is 0. The van der Waals surface area contributed by atoms with E-state index in [-0.39, 0.29) is 63.5 Å². The van der Waals surface area contributed by atoms with Crippen LogP contribution in [0.3, 0.4) is 0 Å². The lowest BCUT2D eigenvalue weighted by molar-refractivity contribution is -0.126. The van der Waals surface area contributed by atoms with Crippen LogP contribution in [0.15, 0.2) is 109 Å². The van der Waals surface area contributed by atoms with Crippen molar-refractivity contribution in [3.05, 3.63) is 90.0 Å². The third-order valence-corrected chi connectivity index (χ3v) is 8.93. The minimum atomic E-state index is -4.57. The second kappa shape index (κ2) is 17.1. The normalized spacial score (nSPS) is 12.4. The van der Waals surface area contributed by atoms with Crippen molar-refractivity contribution in [3.8, 4) is 11.5 Å². The Morgan fingerprint density at radius 2 is 1.36 bits per heavy atom. The van der Waals surface area contributed by atoms with Crippen molar-refractivity contribution in [2.45, 2.75) is 29.7 Å². The molecule has 20 heteroatoms. The molecule has 18 nitrogen and oxygen atoms in total. The van der Waals surface area contributed by atoms with E-state index in [2.05, 4.69) is 31.1 Å². The van der Waals surface area contributed by atoms with Crippen LogP contribution in [0.2, 0.25) is 0 Å². The minimum absolute atomic E-state index is 0.0227. The first-order chi connectivity index (χ1) is 25.0. The van der Waals surface area contributed by atoms with Gasteiger partial charge in [0.2, 0.25) is 6.04 Å². The summed E-state index contributed by atoms with van der Waals surface area (Å²) in [4.78, 5) is 37.7. The number of methoxy groups -OCH3 is 1. The highest BCUT2D eigenvalue weighted by Gasteiger charge is 2.26. The maximum atomic E-state index is 13.1. The summed E-state index contributed by atoms with van der Waals surface area (Å²) in [6.45, 7) is 2.09. The average molecular weight is 769 g/mol. The van der Waals surface area contributed by atoms with Crippen molar-refractivity contribution in [2.24, 2.45) is 20.5 Å². The monoisotopic (exact) mass is 768 g/mol. The molecule has 2 amide bonds. The Morgan fingerprint density at radius 1 is 0.755 bits per heavy atom. The molecule has 4 aromatic carbocycles.